The Bertz CT molecular complexity index is 614. The number of aromatic nitrogens is 1. The summed E-state index contributed by atoms with van der Waals surface area (Å²) in [4.78, 5) is 9.80. The standard InChI is InChI=1S/C10H6BrFN2O4/c11-10-6(4-15)9(13-18-10)5-1-2-7(12)8(3-5)14(16)17/h1-3,15H,4H2. The van der Waals surface area contributed by atoms with E-state index in [1.165, 1.54) is 6.07 Å². The summed E-state index contributed by atoms with van der Waals surface area (Å²) in [6.07, 6.45) is 0. The molecule has 0 atom stereocenters. The van der Waals surface area contributed by atoms with E-state index in [9.17, 15) is 14.5 Å². The van der Waals surface area contributed by atoms with Crippen molar-refractivity contribution in [1.29, 1.82) is 0 Å². The van der Waals surface area contributed by atoms with Crippen LogP contribution in [0.2, 0.25) is 0 Å². The highest BCUT2D eigenvalue weighted by Gasteiger charge is 2.20. The number of aliphatic hydroxyl groups is 1. The number of hydrogen-bond donors (Lipinski definition) is 1. The van der Waals surface area contributed by atoms with Crippen LogP contribution in [0.3, 0.4) is 0 Å². The minimum absolute atomic E-state index is 0.229. The van der Waals surface area contributed by atoms with E-state index in [1.807, 2.05) is 0 Å². The van der Waals surface area contributed by atoms with Crippen molar-refractivity contribution in [1.82, 2.24) is 5.16 Å². The number of halogens is 2. The van der Waals surface area contributed by atoms with Gasteiger partial charge in [-0.25, -0.2) is 0 Å². The molecule has 1 heterocycles. The largest absolute Gasteiger partial charge is 0.391 e. The third kappa shape index (κ3) is 2.12. The van der Waals surface area contributed by atoms with Crippen LogP contribution in [-0.2, 0) is 6.61 Å². The average Bonchev–Trinajstić information content (AvgIpc) is 2.70. The molecule has 0 unspecified atom stereocenters. The molecule has 0 saturated carbocycles. The first-order valence-electron chi connectivity index (χ1n) is 4.73. The van der Waals surface area contributed by atoms with Crippen LogP contribution in [0.1, 0.15) is 5.56 Å². The van der Waals surface area contributed by atoms with E-state index in [4.69, 9.17) is 9.63 Å². The molecule has 6 nitrogen and oxygen atoms in total. The van der Waals surface area contributed by atoms with Crippen LogP contribution in [0.5, 0.6) is 0 Å². The number of hydrogen-bond acceptors (Lipinski definition) is 5. The highest BCUT2D eigenvalue weighted by Crippen LogP contribution is 2.31. The van der Waals surface area contributed by atoms with E-state index in [2.05, 4.69) is 21.1 Å². The molecule has 2 aromatic rings. The van der Waals surface area contributed by atoms with Crippen molar-refractivity contribution >= 4 is 21.6 Å². The van der Waals surface area contributed by atoms with Gasteiger partial charge in [0.2, 0.25) is 10.5 Å². The van der Waals surface area contributed by atoms with Crippen LogP contribution in [-0.4, -0.2) is 15.2 Å². The van der Waals surface area contributed by atoms with E-state index in [-0.39, 0.29) is 17.0 Å². The van der Waals surface area contributed by atoms with Gasteiger partial charge in [-0.15, -0.1) is 0 Å². The monoisotopic (exact) mass is 316 g/mol. The Balaban J connectivity index is 2.57. The van der Waals surface area contributed by atoms with Crippen molar-refractivity contribution in [3.63, 3.8) is 0 Å². The van der Waals surface area contributed by atoms with Crippen molar-refractivity contribution in [2.24, 2.45) is 0 Å². The van der Waals surface area contributed by atoms with Gasteiger partial charge in [0.25, 0.3) is 0 Å². The van der Waals surface area contributed by atoms with Crippen molar-refractivity contribution in [3.05, 3.63) is 44.4 Å². The van der Waals surface area contributed by atoms with Crippen LogP contribution >= 0.6 is 15.9 Å². The maximum Gasteiger partial charge on any atom is 0.305 e. The zero-order chi connectivity index (χ0) is 13.3. The molecule has 0 aliphatic heterocycles. The molecule has 1 N–H and O–H groups in total. The minimum atomic E-state index is -0.933. The molecule has 8 heteroatoms. The van der Waals surface area contributed by atoms with Gasteiger partial charge < -0.3 is 9.63 Å². The number of nitro groups is 1. The molecule has 0 radical (unpaired) electrons. The first-order chi connectivity index (χ1) is 8.54. The summed E-state index contributed by atoms with van der Waals surface area (Å²) in [5, 5.41) is 23.4. The number of benzene rings is 1. The van der Waals surface area contributed by atoms with Gasteiger partial charge in [0.15, 0.2) is 0 Å². The van der Waals surface area contributed by atoms with Crippen LogP contribution in [0.15, 0.2) is 27.4 Å². The molecule has 0 spiro atoms. The second-order valence-corrected chi connectivity index (χ2v) is 4.09. The molecule has 0 bridgehead atoms. The number of rotatable bonds is 3. The summed E-state index contributed by atoms with van der Waals surface area (Å²) < 4.78 is 18.2. The van der Waals surface area contributed by atoms with E-state index < -0.39 is 16.4 Å². The smallest absolute Gasteiger partial charge is 0.305 e. The lowest BCUT2D eigenvalue weighted by Crippen LogP contribution is -1.94. The van der Waals surface area contributed by atoms with Gasteiger partial charge in [-0.1, -0.05) is 5.16 Å². The zero-order valence-electron chi connectivity index (χ0n) is 8.76. The predicted molar refractivity (Wildman–Crippen MR) is 62.2 cm³/mol. The number of nitrogens with zero attached hydrogens (tertiary/aromatic N) is 2. The maximum atomic E-state index is 13.2. The van der Waals surface area contributed by atoms with Crippen LogP contribution in [0, 0.1) is 15.9 Å². The van der Waals surface area contributed by atoms with Gasteiger partial charge in [-0.2, -0.15) is 4.39 Å². The molecule has 18 heavy (non-hydrogen) atoms. The summed E-state index contributed by atoms with van der Waals surface area (Å²) in [5.74, 6) is -0.933. The molecular formula is C10H6BrFN2O4. The summed E-state index contributed by atoms with van der Waals surface area (Å²) in [6, 6.07) is 3.34. The lowest BCUT2D eigenvalue weighted by atomic mass is 10.1. The molecule has 0 aliphatic rings. The fraction of sp³-hybridized carbons (Fsp3) is 0.100. The second kappa shape index (κ2) is 4.83. The molecule has 1 aromatic heterocycles. The Hall–Kier alpha value is -1.80. The SMILES string of the molecule is O=[N+]([O-])c1cc(-c2noc(Br)c2CO)ccc1F. The van der Waals surface area contributed by atoms with Crippen molar-refractivity contribution in [2.45, 2.75) is 6.61 Å². The van der Waals surface area contributed by atoms with Gasteiger partial charge >= 0.3 is 5.69 Å². The van der Waals surface area contributed by atoms with E-state index in [0.29, 0.717) is 11.1 Å². The Morgan fingerprint density at radius 1 is 1.56 bits per heavy atom. The van der Waals surface area contributed by atoms with Crippen molar-refractivity contribution in [3.8, 4) is 11.3 Å². The molecule has 0 saturated heterocycles. The predicted octanol–water partition coefficient (Wildman–Crippen LogP) is 2.64. The van der Waals surface area contributed by atoms with Crippen molar-refractivity contribution in [2.75, 3.05) is 0 Å². The van der Waals surface area contributed by atoms with E-state index >= 15 is 0 Å². The Labute approximate surface area is 108 Å². The van der Waals surface area contributed by atoms with E-state index in [0.717, 1.165) is 12.1 Å². The maximum absolute atomic E-state index is 13.2. The summed E-state index contributed by atoms with van der Waals surface area (Å²) in [7, 11) is 0. The molecular weight excluding hydrogens is 311 g/mol. The minimum Gasteiger partial charge on any atom is -0.391 e. The van der Waals surface area contributed by atoms with Gasteiger partial charge in [0.1, 0.15) is 5.69 Å². The molecule has 1 aromatic carbocycles. The number of aliphatic hydroxyl groups excluding tert-OH is 1. The van der Waals surface area contributed by atoms with Gasteiger partial charge in [-0.05, 0) is 28.1 Å². The van der Waals surface area contributed by atoms with Crippen LogP contribution in [0.25, 0.3) is 11.3 Å². The van der Waals surface area contributed by atoms with Gasteiger partial charge in [-0.3, -0.25) is 10.1 Å². The van der Waals surface area contributed by atoms with E-state index in [1.54, 1.807) is 0 Å². The first kappa shape index (κ1) is 12.7. The lowest BCUT2D eigenvalue weighted by molar-refractivity contribution is -0.387. The second-order valence-electron chi connectivity index (χ2n) is 3.36. The first-order valence-corrected chi connectivity index (χ1v) is 5.53. The summed E-state index contributed by atoms with van der Waals surface area (Å²) in [6.45, 7) is -0.357. The highest BCUT2D eigenvalue weighted by atomic mass is 79.9. The van der Waals surface area contributed by atoms with Crippen LogP contribution in [0.4, 0.5) is 10.1 Å². The molecule has 0 fully saturated rings. The third-order valence-electron chi connectivity index (χ3n) is 2.31. The highest BCUT2D eigenvalue weighted by molar-refractivity contribution is 9.10. The fourth-order valence-corrected chi connectivity index (χ4v) is 1.84. The topological polar surface area (TPSA) is 89.4 Å². The van der Waals surface area contributed by atoms with Gasteiger partial charge in [0.05, 0.1) is 17.1 Å². The summed E-state index contributed by atoms with van der Waals surface area (Å²) in [5.41, 5.74) is 0.209. The molecule has 0 aliphatic carbocycles. The Morgan fingerprint density at radius 3 is 2.89 bits per heavy atom. The fourth-order valence-electron chi connectivity index (χ4n) is 1.45. The van der Waals surface area contributed by atoms with Crippen molar-refractivity contribution < 1.29 is 18.9 Å². The molecule has 94 valence electrons. The zero-order valence-corrected chi connectivity index (χ0v) is 10.3. The number of nitro benzene ring substituents is 1. The Kier molecular flexibility index (Phi) is 3.39. The van der Waals surface area contributed by atoms with Gasteiger partial charge in [0, 0.05) is 11.6 Å². The molecule has 2 rings (SSSR count). The third-order valence-corrected chi connectivity index (χ3v) is 2.94. The quantitative estimate of drug-likeness (QED) is 0.694. The normalized spacial score (nSPS) is 10.6. The van der Waals surface area contributed by atoms with Crippen LogP contribution < -0.4 is 0 Å². The molecule has 0 amide bonds. The average molecular weight is 317 g/mol. The Morgan fingerprint density at radius 2 is 2.28 bits per heavy atom. The lowest BCUT2D eigenvalue weighted by Gasteiger charge is -2.00. The summed E-state index contributed by atoms with van der Waals surface area (Å²) >= 11 is 3.04.